The minimum atomic E-state index is -3.34. The van der Waals surface area contributed by atoms with E-state index in [1.54, 1.807) is 28.6 Å². The second-order valence-electron chi connectivity index (χ2n) is 7.41. The predicted octanol–water partition coefficient (Wildman–Crippen LogP) is 2.63. The molecule has 2 aromatic rings. The molecule has 0 radical (unpaired) electrons. The fraction of sp³-hybridized carbons (Fsp3) is 0.381. The van der Waals surface area contributed by atoms with Gasteiger partial charge >= 0.3 is 0 Å². The summed E-state index contributed by atoms with van der Waals surface area (Å²) in [5.41, 5.74) is 4.21. The first-order chi connectivity index (χ1) is 13.2. The molecular weight excluding hydrogens is 374 g/mol. The molecule has 28 heavy (non-hydrogen) atoms. The Bertz CT molecular complexity index is 947. The summed E-state index contributed by atoms with van der Waals surface area (Å²) < 4.78 is 26.8. The quantitative estimate of drug-likeness (QED) is 0.836. The van der Waals surface area contributed by atoms with Crippen molar-refractivity contribution in [2.75, 3.05) is 38.5 Å². The molecule has 7 heteroatoms. The van der Waals surface area contributed by atoms with Crippen molar-refractivity contribution in [3.63, 3.8) is 0 Å². The van der Waals surface area contributed by atoms with E-state index in [2.05, 4.69) is 10.2 Å². The zero-order valence-electron chi connectivity index (χ0n) is 16.6. The van der Waals surface area contributed by atoms with Crippen LogP contribution in [0.5, 0.6) is 0 Å². The van der Waals surface area contributed by atoms with Gasteiger partial charge in [-0.05, 0) is 61.9 Å². The summed E-state index contributed by atoms with van der Waals surface area (Å²) in [6.45, 7) is 6.56. The molecule has 0 bridgehead atoms. The number of aryl methyl sites for hydroxylation is 2. The number of amides is 1. The van der Waals surface area contributed by atoms with Crippen LogP contribution in [0.25, 0.3) is 0 Å². The summed E-state index contributed by atoms with van der Waals surface area (Å²) in [5, 5.41) is 2.88. The molecule has 1 heterocycles. The zero-order chi connectivity index (χ0) is 20.3. The topological polar surface area (TPSA) is 69.7 Å². The van der Waals surface area contributed by atoms with Gasteiger partial charge < -0.3 is 10.2 Å². The molecule has 0 saturated carbocycles. The molecule has 1 N–H and O–H groups in total. The maximum absolute atomic E-state index is 12.6. The van der Waals surface area contributed by atoms with Gasteiger partial charge in [-0.3, -0.25) is 4.79 Å². The highest BCUT2D eigenvalue weighted by atomic mass is 32.2. The number of piperazine rings is 1. The number of anilines is 1. The number of sulfonamides is 1. The van der Waals surface area contributed by atoms with E-state index >= 15 is 0 Å². The fourth-order valence-electron chi connectivity index (χ4n) is 3.14. The third-order valence-electron chi connectivity index (χ3n) is 5.19. The number of rotatable bonds is 5. The Morgan fingerprint density at radius 3 is 2.21 bits per heavy atom. The summed E-state index contributed by atoms with van der Waals surface area (Å²) in [6.07, 6.45) is 0. The van der Waals surface area contributed by atoms with Crippen molar-refractivity contribution in [1.29, 1.82) is 0 Å². The Hall–Kier alpha value is -2.22. The second kappa shape index (κ2) is 8.43. The highest BCUT2D eigenvalue weighted by Gasteiger charge is 2.25. The maximum Gasteiger partial charge on any atom is 0.255 e. The number of carbonyl (C=O) groups is 1. The Labute approximate surface area is 167 Å². The van der Waals surface area contributed by atoms with Gasteiger partial charge in [0.2, 0.25) is 10.0 Å². The first kappa shape index (κ1) is 20.5. The number of benzene rings is 2. The number of hydrogen-bond donors (Lipinski definition) is 1. The summed E-state index contributed by atoms with van der Waals surface area (Å²) in [7, 11) is -1.35. The average molecular weight is 402 g/mol. The maximum atomic E-state index is 12.6. The van der Waals surface area contributed by atoms with E-state index < -0.39 is 10.0 Å². The van der Waals surface area contributed by atoms with E-state index in [1.807, 2.05) is 39.1 Å². The monoisotopic (exact) mass is 401 g/mol. The first-order valence-corrected chi connectivity index (χ1v) is 11.0. The van der Waals surface area contributed by atoms with Crippen molar-refractivity contribution in [3.8, 4) is 0 Å². The van der Waals surface area contributed by atoms with Crippen LogP contribution in [-0.2, 0) is 15.8 Å². The van der Waals surface area contributed by atoms with Crippen LogP contribution in [0.2, 0.25) is 0 Å². The van der Waals surface area contributed by atoms with E-state index in [0.29, 0.717) is 24.2 Å². The molecule has 1 amide bonds. The molecule has 0 atom stereocenters. The largest absolute Gasteiger partial charge is 0.322 e. The van der Waals surface area contributed by atoms with Crippen LogP contribution in [0.15, 0.2) is 42.5 Å². The molecule has 3 rings (SSSR count). The summed E-state index contributed by atoms with van der Waals surface area (Å²) >= 11 is 0. The molecule has 6 nitrogen and oxygen atoms in total. The van der Waals surface area contributed by atoms with Gasteiger partial charge in [-0.2, -0.15) is 4.31 Å². The standard InChI is InChI=1S/C21H27N3O3S/c1-16-4-9-20(14-17(16)2)22-21(25)19-7-5-18(6-8-19)15-28(26,27)24-12-10-23(3)11-13-24/h4-9,14H,10-13,15H2,1-3H3,(H,22,25). The lowest BCUT2D eigenvalue weighted by Gasteiger charge is -2.31. The van der Waals surface area contributed by atoms with Crippen LogP contribution in [0.1, 0.15) is 27.0 Å². The van der Waals surface area contributed by atoms with E-state index in [1.165, 1.54) is 5.56 Å². The molecule has 1 saturated heterocycles. The van der Waals surface area contributed by atoms with E-state index in [-0.39, 0.29) is 11.7 Å². The van der Waals surface area contributed by atoms with Crippen LogP contribution < -0.4 is 5.32 Å². The third-order valence-corrected chi connectivity index (χ3v) is 7.04. The smallest absolute Gasteiger partial charge is 0.255 e. The molecule has 1 aliphatic rings. The van der Waals surface area contributed by atoms with Gasteiger partial charge in [0.15, 0.2) is 0 Å². The van der Waals surface area contributed by atoms with Gasteiger partial charge in [-0.25, -0.2) is 8.42 Å². The van der Waals surface area contributed by atoms with E-state index in [4.69, 9.17) is 0 Å². The lowest BCUT2D eigenvalue weighted by atomic mass is 10.1. The van der Waals surface area contributed by atoms with Gasteiger partial charge in [-0.15, -0.1) is 0 Å². The van der Waals surface area contributed by atoms with Gasteiger partial charge in [0, 0.05) is 37.4 Å². The van der Waals surface area contributed by atoms with Gasteiger partial charge in [0.05, 0.1) is 5.75 Å². The average Bonchev–Trinajstić information content (AvgIpc) is 2.65. The van der Waals surface area contributed by atoms with Crippen molar-refractivity contribution in [2.24, 2.45) is 0 Å². The normalized spacial score (nSPS) is 16.1. The molecule has 1 aliphatic heterocycles. The Balaban J connectivity index is 1.64. The molecule has 150 valence electrons. The lowest BCUT2D eigenvalue weighted by Crippen LogP contribution is -2.47. The lowest BCUT2D eigenvalue weighted by molar-refractivity contribution is 0.102. The number of carbonyl (C=O) groups excluding carboxylic acids is 1. The number of nitrogens with zero attached hydrogens (tertiary/aromatic N) is 2. The van der Waals surface area contributed by atoms with Crippen LogP contribution in [-0.4, -0.2) is 56.8 Å². The second-order valence-corrected chi connectivity index (χ2v) is 9.38. The highest BCUT2D eigenvalue weighted by Crippen LogP contribution is 2.17. The summed E-state index contributed by atoms with van der Waals surface area (Å²) in [5.74, 6) is -0.257. The molecule has 0 unspecified atom stereocenters. The summed E-state index contributed by atoms with van der Waals surface area (Å²) in [4.78, 5) is 14.6. The zero-order valence-corrected chi connectivity index (χ0v) is 17.4. The fourth-order valence-corrected chi connectivity index (χ4v) is 4.66. The van der Waals surface area contributed by atoms with Crippen molar-refractivity contribution in [2.45, 2.75) is 19.6 Å². The number of nitrogens with one attached hydrogen (secondary N) is 1. The summed E-state index contributed by atoms with van der Waals surface area (Å²) in [6, 6.07) is 12.5. The van der Waals surface area contributed by atoms with Gasteiger partial charge in [-0.1, -0.05) is 18.2 Å². The Kier molecular flexibility index (Phi) is 6.17. The number of hydrogen-bond acceptors (Lipinski definition) is 4. The van der Waals surface area contributed by atoms with Crippen LogP contribution >= 0.6 is 0 Å². The minimum absolute atomic E-state index is 0.0459. The molecule has 0 aliphatic carbocycles. The molecule has 2 aromatic carbocycles. The van der Waals surface area contributed by atoms with E-state index in [9.17, 15) is 13.2 Å². The predicted molar refractivity (Wildman–Crippen MR) is 112 cm³/mol. The van der Waals surface area contributed by atoms with Gasteiger partial charge in [0.25, 0.3) is 5.91 Å². The van der Waals surface area contributed by atoms with Crippen molar-refractivity contribution < 1.29 is 13.2 Å². The minimum Gasteiger partial charge on any atom is -0.322 e. The highest BCUT2D eigenvalue weighted by molar-refractivity contribution is 7.88. The van der Waals surface area contributed by atoms with Crippen molar-refractivity contribution >= 4 is 21.6 Å². The Morgan fingerprint density at radius 2 is 1.61 bits per heavy atom. The molecular formula is C21H27N3O3S. The third kappa shape index (κ3) is 4.98. The van der Waals surface area contributed by atoms with Crippen molar-refractivity contribution in [3.05, 3.63) is 64.7 Å². The molecule has 0 aromatic heterocycles. The number of likely N-dealkylation sites (N-methyl/N-ethyl adjacent to an activating group) is 1. The van der Waals surface area contributed by atoms with Crippen molar-refractivity contribution in [1.82, 2.24) is 9.21 Å². The SMILES string of the molecule is Cc1ccc(NC(=O)c2ccc(CS(=O)(=O)N3CCN(C)CC3)cc2)cc1C. The van der Waals surface area contributed by atoms with Crippen LogP contribution in [0.3, 0.4) is 0 Å². The first-order valence-electron chi connectivity index (χ1n) is 9.38. The van der Waals surface area contributed by atoms with Crippen LogP contribution in [0.4, 0.5) is 5.69 Å². The Morgan fingerprint density at radius 1 is 0.964 bits per heavy atom. The molecule has 0 spiro atoms. The van der Waals surface area contributed by atoms with E-state index in [0.717, 1.165) is 24.3 Å². The molecule has 1 fully saturated rings. The van der Waals surface area contributed by atoms with Gasteiger partial charge in [0.1, 0.15) is 0 Å². The van der Waals surface area contributed by atoms with Crippen LogP contribution in [0, 0.1) is 13.8 Å².